The Kier molecular flexibility index (Phi) is 4.60. The number of halogens is 1. The summed E-state index contributed by atoms with van der Waals surface area (Å²) < 4.78 is 7.15. The first-order valence-electron chi connectivity index (χ1n) is 9.75. The molecule has 4 aromatic rings. The van der Waals surface area contributed by atoms with E-state index < -0.39 is 11.6 Å². The van der Waals surface area contributed by atoms with Crippen LogP contribution in [0.1, 0.15) is 18.4 Å². The molecule has 0 bridgehead atoms. The fourth-order valence-electron chi connectivity index (χ4n) is 4.38. The molecular formula is C23H19BrN2O4S. The number of pyridine rings is 1. The molecule has 2 heterocycles. The summed E-state index contributed by atoms with van der Waals surface area (Å²) in [6.45, 7) is 0. The Bertz CT molecular complexity index is 1400. The van der Waals surface area contributed by atoms with E-state index in [2.05, 4.69) is 20.9 Å². The number of aromatic nitrogens is 1. The van der Waals surface area contributed by atoms with Gasteiger partial charge < -0.3 is 19.7 Å². The van der Waals surface area contributed by atoms with Gasteiger partial charge in [0.25, 0.3) is 5.56 Å². The normalized spacial score (nSPS) is 14.7. The first-order valence-corrected chi connectivity index (χ1v) is 11.4. The third-order valence-corrected chi connectivity index (χ3v) is 7.74. The number of thiophene rings is 1. The number of hydrogen-bond acceptors (Lipinski definition) is 4. The van der Waals surface area contributed by atoms with E-state index in [0.29, 0.717) is 10.4 Å². The van der Waals surface area contributed by atoms with Crippen LogP contribution in [-0.2, 0) is 5.54 Å². The molecule has 0 radical (unpaired) electrons. The molecule has 1 aliphatic carbocycles. The lowest BCUT2D eigenvalue weighted by Crippen LogP contribution is -2.35. The highest BCUT2D eigenvalue weighted by Gasteiger charge is 2.50. The minimum Gasteiger partial charge on any atom is -0.496 e. The first kappa shape index (κ1) is 20.1. The van der Waals surface area contributed by atoms with Gasteiger partial charge in [0, 0.05) is 27.9 Å². The van der Waals surface area contributed by atoms with Gasteiger partial charge in [0.2, 0.25) is 0 Å². The molecule has 158 valence electrons. The molecule has 2 aromatic heterocycles. The van der Waals surface area contributed by atoms with Crippen LogP contribution in [0.4, 0.5) is 4.79 Å². The van der Waals surface area contributed by atoms with Gasteiger partial charge in [-0.25, -0.2) is 4.79 Å². The standard InChI is InChI=1S/C23H19BrN2O4S/c1-26(22(28)29)23(8-9-23)13-5-3-12(4-6-13)17-16(30-2)11-15(24)19-18(17)14-7-10-31-20(14)21(27)25-19/h3-7,10-11H,8-9H2,1-2H3,(H,25,27)(H,28,29). The lowest BCUT2D eigenvalue weighted by molar-refractivity contribution is 0.132. The van der Waals surface area contributed by atoms with Crippen molar-refractivity contribution in [3.8, 4) is 16.9 Å². The van der Waals surface area contributed by atoms with Crippen LogP contribution in [-0.4, -0.2) is 35.2 Å². The van der Waals surface area contributed by atoms with Gasteiger partial charge >= 0.3 is 6.09 Å². The Hall–Kier alpha value is -2.84. The summed E-state index contributed by atoms with van der Waals surface area (Å²) in [5.41, 5.74) is 2.98. The third kappa shape index (κ3) is 2.96. The highest BCUT2D eigenvalue weighted by atomic mass is 79.9. The highest BCUT2D eigenvalue weighted by molar-refractivity contribution is 9.10. The number of carbonyl (C=O) groups is 1. The second-order valence-corrected chi connectivity index (χ2v) is 9.52. The topological polar surface area (TPSA) is 82.6 Å². The van der Waals surface area contributed by atoms with Crippen LogP contribution in [0.3, 0.4) is 0 Å². The molecule has 1 amide bonds. The molecular weight excluding hydrogens is 480 g/mol. The summed E-state index contributed by atoms with van der Waals surface area (Å²) >= 11 is 4.98. The van der Waals surface area contributed by atoms with E-state index in [1.807, 2.05) is 41.8 Å². The summed E-state index contributed by atoms with van der Waals surface area (Å²) in [4.78, 5) is 28.5. The minimum absolute atomic E-state index is 0.114. The molecule has 2 aromatic carbocycles. The predicted octanol–water partition coefficient (Wildman–Crippen LogP) is 5.78. The number of aromatic amines is 1. The number of fused-ring (bicyclic) bond motifs is 3. The van der Waals surface area contributed by atoms with Crippen LogP contribution in [0.25, 0.3) is 32.1 Å². The average Bonchev–Trinajstić information content (AvgIpc) is 3.42. The maximum absolute atomic E-state index is 12.5. The smallest absolute Gasteiger partial charge is 0.407 e. The van der Waals surface area contributed by atoms with Gasteiger partial charge in [-0.2, -0.15) is 0 Å². The third-order valence-electron chi connectivity index (χ3n) is 6.21. The van der Waals surface area contributed by atoms with Crippen molar-refractivity contribution in [2.24, 2.45) is 0 Å². The number of benzene rings is 2. The largest absolute Gasteiger partial charge is 0.496 e. The van der Waals surface area contributed by atoms with Gasteiger partial charge in [-0.3, -0.25) is 4.79 Å². The predicted molar refractivity (Wildman–Crippen MR) is 126 cm³/mol. The van der Waals surface area contributed by atoms with Crippen LogP contribution >= 0.6 is 27.3 Å². The van der Waals surface area contributed by atoms with Crippen molar-refractivity contribution in [1.29, 1.82) is 0 Å². The monoisotopic (exact) mass is 498 g/mol. The first-order chi connectivity index (χ1) is 14.9. The van der Waals surface area contributed by atoms with Crippen molar-refractivity contribution in [1.82, 2.24) is 9.88 Å². The summed E-state index contributed by atoms with van der Waals surface area (Å²) in [5, 5.41) is 13.2. The van der Waals surface area contributed by atoms with Crippen molar-refractivity contribution in [3.63, 3.8) is 0 Å². The number of carboxylic acid groups (broad SMARTS) is 1. The van der Waals surface area contributed by atoms with Gasteiger partial charge in [0.1, 0.15) is 10.4 Å². The Morgan fingerprint density at radius 1 is 1.26 bits per heavy atom. The van der Waals surface area contributed by atoms with Crippen molar-refractivity contribution < 1.29 is 14.6 Å². The average molecular weight is 499 g/mol. The molecule has 1 fully saturated rings. The van der Waals surface area contributed by atoms with E-state index in [0.717, 1.165) is 50.3 Å². The summed E-state index contributed by atoms with van der Waals surface area (Å²) in [7, 11) is 3.25. The molecule has 0 aliphatic heterocycles. The van der Waals surface area contributed by atoms with Crippen LogP contribution in [0.15, 0.2) is 51.0 Å². The molecule has 5 rings (SSSR count). The van der Waals surface area contributed by atoms with Crippen molar-refractivity contribution in [3.05, 3.63) is 62.2 Å². The number of methoxy groups -OCH3 is 1. The van der Waals surface area contributed by atoms with Gasteiger partial charge in [-0.15, -0.1) is 11.3 Å². The summed E-state index contributed by atoms with van der Waals surface area (Å²) in [6.07, 6.45) is 0.707. The molecule has 6 nitrogen and oxygen atoms in total. The zero-order valence-electron chi connectivity index (χ0n) is 16.9. The van der Waals surface area contributed by atoms with E-state index in [9.17, 15) is 14.7 Å². The fourth-order valence-corrected chi connectivity index (χ4v) is 5.69. The highest BCUT2D eigenvalue weighted by Crippen LogP contribution is 2.51. The van der Waals surface area contributed by atoms with Crippen LogP contribution < -0.4 is 10.3 Å². The van der Waals surface area contributed by atoms with E-state index >= 15 is 0 Å². The molecule has 1 aliphatic rings. The van der Waals surface area contributed by atoms with Crippen LogP contribution in [0.5, 0.6) is 5.75 Å². The molecule has 2 N–H and O–H groups in total. The van der Waals surface area contributed by atoms with Crippen molar-refractivity contribution in [2.45, 2.75) is 18.4 Å². The Morgan fingerprint density at radius 3 is 2.58 bits per heavy atom. The van der Waals surface area contributed by atoms with Gasteiger partial charge in [-0.05, 0) is 57.4 Å². The zero-order valence-corrected chi connectivity index (χ0v) is 19.3. The molecule has 0 unspecified atom stereocenters. The molecule has 31 heavy (non-hydrogen) atoms. The van der Waals surface area contributed by atoms with Crippen LogP contribution in [0.2, 0.25) is 0 Å². The van der Waals surface area contributed by atoms with E-state index in [1.165, 1.54) is 16.2 Å². The maximum atomic E-state index is 12.5. The van der Waals surface area contributed by atoms with Crippen LogP contribution in [0, 0.1) is 0 Å². The zero-order chi connectivity index (χ0) is 21.9. The lowest BCUT2D eigenvalue weighted by atomic mass is 9.94. The lowest BCUT2D eigenvalue weighted by Gasteiger charge is -2.26. The van der Waals surface area contributed by atoms with Gasteiger partial charge in [-0.1, -0.05) is 24.3 Å². The SMILES string of the molecule is COc1cc(Br)c2[nH]c(=O)c3sccc3c2c1-c1ccc(C2(N(C)C(=O)O)CC2)cc1. The van der Waals surface area contributed by atoms with E-state index in [1.54, 1.807) is 14.2 Å². The molecule has 8 heteroatoms. The number of amides is 1. The number of nitrogens with one attached hydrogen (secondary N) is 1. The molecule has 0 saturated heterocycles. The second kappa shape index (κ2) is 7.10. The van der Waals surface area contributed by atoms with Gasteiger partial charge in [0.05, 0.1) is 18.2 Å². The molecule has 0 atom stereocenters. The Labute approximate surface area is 190 Å². The Morgan fingerprint density at radius 2 is 1.97 bits per heavy atom. The maximum Gasteiger partial charge on any atom is 0.407 e. The number of hydrogen-bond donors (Lipinski definition) is 2. The second-order valence-electron chi connectivity index (χ2n) is 7.75. The van der Waals surface area contributed by atoms with E-state index in [4.69, 9.17) is 4.74 Å². The van der Waals surface area contributed by atoms with Crippen molar-refractivity contribution >= 4 is 54.3 Å². The Balaban J connectivity index is 1.74. The number of nitrogens with zero attached hydrogens (tertiary/aromatic N) is 1. The number of ether oxygens (including phenoxy) is 1. The van der Waals surface area contributed by atoms with Crippen molar-refractivity contribution in [2.75, 3.05) is 14.2 Å². The molecule has 0 spiro atoms. The minimum atomic E-state index is -0.925. The fraction of sp³-hybridized carbons (Fsp3) is 0.217. The summed E-state index contributed by atoms with van der Waals surface area (Å²) in [5.74, 6) is 0.690. The number of H-pyrrole nitrogens is 1. The molecule has 1 saturated carbocycles. The number of rotatable bonds is 4. The van der Waals surface area contributed by atoms with Gasteiger partial charge in [0.15, 0.2) is 0 Å². The summed E-state index contributed by atoms with van der Waals surface area (Å²) in [6, 6.07) is 11.8. The van der Waals surface area contributed by atoms with E-state index in [-0.39, 0.29) is 5.56 Å². The quantitative estimate of drug-likeness (QED) is 0.373.